The highest BCUT2D eigenvalue weighted by atomic mass is 79.9. The van der Waals surface area contributed by atoms with Crippen LogP contribution in [-0.2, 0) is 11.3 Å². The molecule has 10 heteroatoms. The second kappa shape index (κ2) is 7.19. The van der Waals surface area contributed by atoms with E-state index in [-0.39, 0.29) is 11.5 Å². The van der Waals surface area contributed by atoms with Crippen LogP contribution < -0.4 is 5.32 Å². The maximum absolute atomic E-state index is 6.14. The number of fused-ring (bicyclic) bond motifs is 1. The minimum Gasteiger partial charge on any atom is -0.362 e. The molecule has 0 aromatic carbocycles. The Morgan fingerprint density at radius 3 is 3.00 bits per heavy atom. The minimum atomic E-state index is -0.103. The molecule has 1 aliphatic rings. The van der Waals surface area contributed by atoms with E-state index >= 15 is 0 Å². The Hall–Kier alpha value is -1.84. The van der Waals surface area contributed by atoms with E-state index in [0.29, 0.717) is 28.3 Å². The van der Waals surface area contributed by atoms with E-state index in [2.05, 4.69) is 46.2 Å². The molecule has 8 nitrogen and oxygen atoms in total. The molecule has 3 aromatic heterocycles. The molecule has 0 saturated carbocycles. The van der Waals surface area contributed by atoms with E-state index < -0.39 is 0 Å². The van der Waals surface area contributed by atoms with Gasteiger partial charge in [0.25, 0.3) is 0 Å². The predicted molar refractivity (Wildman–Crippen MR) is 96.2 cm³/mol. The van der Waals surface area contributed by atoms with Crippen LogP contribution >= 0.6 is 27.5 Å². The molecule has 1 unspecified atom stereocenters. The zero-order valence-corrected chi connectivity index (χ0v) is 15.5. The van der Waals surface area contributed by atoms with E-state index in [9.17, 15) is 0 Å². The molecule has 4 rings (SSSR count). The summed E-state index contributed by atoms with van der Waals surface area (Å²) in [5.41, 5.74) is 2.12. The van der Waals surface area contributed by atoms with Gasteiger partial charge in [0.05, 0.1) is 12.2 Å². The lowest BCUT2D eigenvalue weighted by Gasteiger charge is -2.24. The third-order valence-corrected chi connectivity index (χ3v) is 4.72. The van der Waals surface area contributed by atoms with E-state index in [1.807, 2.05) is 10.6 Å². The monoisotopic (exact) mass is 423 g/mol. The largest absolute Gasteiger partial charge is 0.362 e. The average molecular weight is 425 g/mol. The Labute approximate surface area is 157 Å². The Kier molecular flexibility index (Phi) is 4.78. The molecular weight excluding hydrogens is 410 g/mol. The van der Waals surface area contributed by atoms with Crippen LogP contribution in [0, 0.1) is 0 Å². The normalized spacial score (nSPS) is 17.8. The van der Waals surface area contributed by atoms with Crippen molar-refractivity contribution in [3.63, 3.8) is 0 Å². The number of nitrogens with zero attached hydrogens (tertiary/aromatic N) is 6. The molecule has 0 bridgehead atoms. The number of hydrogen-bond acceptors (Lipinski definition) is 7. The number of ether oxygens (including phenoxy) is 1. The maximum Gasteiger partial charge on any atom is 0.226 e. The first-order valence-corrected chi connectivity index (χ1v) is 9.11. The fraction of sp³-hybridized carbons (Fsp3) is 0.400. The van der Waals surface area contributed by atoms with Gasteiger partial charge in [0.15, 0.2) is 21.7 Å². The molecule has 4 heterocycles. The lowest BCUT2D eigenvalue weighted by atomic mass is 10.2. The standard InChI is InChI=1S/C15H15BrClN7O/c16-14-21-11-12(19-7-9-4-5-18-8-20-9)22-15(17)23-13(11)24(14)10-3-1-2-6-25-10/h4-5,8,10H,1-3,6-7H2,(H,19,22,23). The highest BCUT2D eigenvalue weighted by molar-refractivity contribution is 9.10. The zero-order chi connectivity index (χ0) is 17.2. The van der Waals surface area contributed by atoms with Gasteiger partial charge in [-0.1, -0.05) is 0 Å². The van der Waals surface area contributed by atoms with Crippen molar-refractivity contribution >= 4 is 44.5 Å². The molecule has 1 atom stereocenters. The van der Waals surface area contributed by atoms with Gasteiger partial charge >= 0.3 is 0 Å². The predicted octanol–water partition coefficient (Wildman–Crippen LogP) is 3.34. The molecule has 0 spiro atoms. The smallest absolute Gasteiger partial charge is 0.226 e. The van der Waals surface area contributed by atoms with Crippen LogP contribution in [0.2, 0.25) is 5.28 Å². The lowest BCUT2D eigenvalue weighted by Crippen LogP contribution is -2.18. The van der Waals surface area contributed by atoms with Crippen molar-refractivity contribution in [1.82, 2.24) is 29.5 Å². The quantitative estimate of drug-likeness (QED) is 0.507. The SMILES string of the molecule is Clc1nc(NCc2ccncn2)c2nc(Br)n(C3CCCCO3)c2n1. The van der Waals surface area contributed by atoms with Crippen molar-refractivity contribution in [3.05, 3.63) is 34.3 Å². The highest BCUT2D eigenvalue weighted by Crippen LogP contribution is 2.32. The number of halogens is 2. The third-order valence-electron chi connectivity index (χ3n) is 3.99. The number of aromatic nitrogens is 6. The summed E-state index contributed by atoms with van der Waals surface area (Å²) >= 11 is 9.65. The van der Waals surface area contributed by atoms with Crippen molar-refractivity contribution in [1.29, 1.82) is 0 Å². The van der Waals surface area contributed by atoms with Crippen LogP contribution in [-0.4, -0.2) is 36.1 Å². The van der Waals surface area contributed by atoms with Gasteiger partial charge in [0.2, 0.25) is 5.28 Å². The summed E-state index contributed by atoms with van der Waals surface area (Å²) in [6.45, 7) is 1.21. The zero-order valence-electron chi connectivity index (χ0n) is 13.2. The van der Waals surface area contributed by atoms with Gasteiger partial charge in [-0.15, -0.1) is 0 Å². The van der Waals surface area contributed by atoms with Gasteiger partial charge in [-0.2, -0.15) is 9.97 Å². The first-order valence-electron chi connectivity index (χ1n) is 7.93. The molecule has 3 aromatic rings. The molecule has 25 heavy (non-hydrogen) atoms. The van der Waals surface area contributed by atoms with E-state index in [1.54, 1.807) is 6.20 Å². The van der Waals surface area contributed by atoms with Crippen LogP contribution in [0.1, 0.15) is 31.2 Å². The molecule has 0 aliphatic carbocycles. The fourth-order valence-electron chi connectivity index (χ4n) is 2.82. The second-order valence-corrected chi connectivity index (χ2v) is 6.69. The number of imidazole rings is 1. The van der Waals surface area contributed by atoms with Crippen LogP contribution in [0.25, 0.3) is 11.2 Å². The van der Waals surface area contributed by atoms with E-state index in [1.165, 1.54) is 6.33 Å². The Morgan fingerprint density at radius 1 is 1.32 bits per heavy atom. The van der Waals surface area contributed by atoms with Crippen LogP contribution in [0.15, 0.2) is 23.3 Å². The summed E-state index contributed by atoms with van der Waals surface area (Å²) in [5, 5.41) is 3.38. The number of anilines is 1. The van der Waals surface area contributed by atoms with Crippen molar-refractivity contribution < 1.29 is 4.74 Å². The molecule has 1 fully saturated rings. The molecule has 0 radical (unpaired) electrons. The summed E-state index contributed by atoms with van der Waals surface area (Å²) in [7, 11) is 0. The Morgan fingerprint density at radius 2 is 2.24 bits per heavy atom. The number of hydrogen-bond donors (Lipinski definition) is 1. The third kappa shape index (κ3) is 3.44. The van der Waals surface area contributed by atoms with Gasteiger partial charge in [-0.3, -0.25) is 4.57 Å². The number of rotatable bonds is 4. The van der Waals surface area contributed by atoms with Crippen LogP contribution in [0.5, 0.6) is 0 Å². The molecule has 0 amide bonds. The van der Waals surface area contributed by atoms with Crippen molar-refractivity contribution in [2.45, 2.75) is 32.0 Å². The molecular formula is C15H15BrClN7O. The van der Waals surface area contributed by atoms with Gasteiger partial charge in [-0.05, 0) is 52.9 Å². The maximum atomic E-state index is 6.14. The van der Waals surface area contributed by atoms with Gasteiger partial charge in [0, 0.05) is 12.8 Å². The lowest BCUT2D eigenvalue weighted by molar-refractivity contribution is -0.0311. The van der Waals surface area contributed by atoms with Crippen LogP contribution in [0.4, 0.5) is 5.82 Å². The number of nitrogens with one attached hydrogen (secondary N) is 1. The highest BCUT2D eigenvalue weighted by Gasteiger charge is 2.24. The topological polar surface area (TPSA) is 90.6 Å². The molecule has 130 valence electrons. The van der Waals surface area contributed by atoms with E-state index in [0.717, 1.165) is 31.6 Å². The minimum absolute atomic E-state index is 0.103. The van der Waals surface area contributed by atoms with Gasteiger partial charge in [-0.25, -0.2) is 15.0 Å². The first-order chi connectivity index (χ1) is 12.2. The summed E-state index contributed by atoms with van der Waals surface area (Å²) < 4.78 is 8.45. The fourth-order valence-corrected chi connectivity index (χ4v) is 3.56. The summed E-state index contributed by atoms with van der Waals surface area (Å²) in [4.78, 5) is 21.3. The van der Waals surface area contributed by atoms with Crippen molar-refractivity contribution in [2.24, 2.45) is 0 Å². The molecule has 1 saturated heterocycles. The van der Waals surface area contributed by atoms with Gasteiger partial charge < -0.3 is 10.1 Å². The summed E-state index contributed by atoms with van der Waals surface area (Å²) in [6, 6.07) is 1.83. The van der Waals surface area contributed by atoms with Crippen molar-refractivity contribution in [2.75, 3.05) is 11.9 Å². The molecule has 1 N–H and O–H groups in total. The Balaban J connectivity index is 1.70. The average Bonchev–Trinajstić information content (AvgIpc) is 2.97. The van der Waals surface area contributed by atoms with E-state index in [4.69, 9.17) is 16.3 Å². The van der Waals surface area contributed by atoms with Gasteiger partial charge in [0.1, 0.15) is 12.6 Å². The summed E-state index contributed by atoms with van der Waals surface area (Å²) in [5.74, 6) is 0.559. The van der Waals surface area contributed by atoms with Crippen LogP contribution in [0.3, 0.4) is 0 Å². The second-order valence-electron chi connectivity index (χ2n) is 5.64. The molecule has 1 aliphatic heterocycles. The Bertz CT molecular complexity index is 882. The van der Waals surface area contributed by atoms with Crippen molar-refractivity contribution in [3.8, 4) is 0 Å². The first kappa shape index (κ1) is 16.6. The summed E-state index contributed by atoms with van der Waals surface area (Å²) in [6.07, 6.45) is 6.18.